The highest BCUT2D eigenvalue weighted by Crippen LogP contribution is 2.44. The lowest BCUT2D eigenvalue weighted by atomic mass is 9.64. The Bertz CT molecular complexity index is 219. The van der Waals surface area contributed by atoms with E-state index in [1.807, 2.05) is 0 Å². The number of ketones is 1. The topological polar surface area (TPSA) is 17.1 Å². The Balaban J connectivity index is 2.64. The van der Waals surface area contributed by atoms with E-state index in [0.29, 0.717) is 5.78 Å². The fourth-order valence-electron chi connectivity index (χ4n) is 3.37. The van der Waals surface area contributed by atoms with Crippen molar-refractivity contribution in [1.29, 1.82) is 0 Å². The summed E-state index contributed by atoms with van der Waals surface area (Å²) in [5.74, 6) is 2.75. The molecule has 1 saturated carbocycles. The van der Waals surface area contributed by atoms with Crippen LogP contribution in [-0.2, 0) is 4.79 Å². The standard InChI is InChI=1S/C14H26O/c1-10-6-11(2)8-13(7-10)14(4,5)9-12(3)15/h10-11,13H,6-9H2,1-5H3. The third-order valence-electron chi connectivity index (χ3n) is 3.99. The monoisotopic (exact) mass is 210 g/mol. The molecule has 1 rings (SSSR count). The lowest BCUT2D eigenvalue weighted by molar-refractivity contribution is -0.120. The van der Waals surface area contributed by atoms with Crippen LogP contribution in [0.3, 0.4) is 0 Å². The largest absolute Gasteiger partial charge is 0.300 e. The van der Waals surface area contributed by atoms with Crippen LogP contribution in [0.5, 0.6) is 0 Å². The third kappa shape index (κ3) is 3.62. The summed E-state index contributed by atoms with van der Waals surface area (Å²) in [6.45, 7) is 11.0. The Kier molecular flexibility index (Phi) is 3.97. The first kappa shape index (κ1) is 12.7. The molecule has 1 aliphatic rings. The lowest BCUT2D eigenvalue weighted by Gasteiger charge is -2.41. The summed E-state index contributed by atoms with van der Waals surface area (Å²) in [5.41, 5.74) is 0.203. The Morgan fingerprint density at radius 2 is 1.60 bits per heavy atom. The number of hydrogen-bond acceptors (Lipinski definition) is 1. The molecule has 2 atom stereocenters. The smallest absolute Gasteiger partial charge is 0.130 e. The number of hydrogen-bond donors (Lipinski definition) is 0. The molecule has 0 spiro atoms. The first-order chi connectivity index (χ1) is 6.81. The summed E-state index contributed by atoms with van der Waals surface area (Å²) >= 11 is 0. The molecular weight excluding hydrogens is 184 g/mol. The van der Waals surface area contributed by atoms with E-state index in [0.717, 1.165) is 24.2 Å². The van der Waals surface area contributed by atoms with Crippen LogP contribution in [0.2, 0.25) is 0 Å². The van der Waals surface area contributed by atoms with Gasteiger partial charge in [0.1, 0.15) is 5.78 Å². The average molecular weight is 210 g/mol. The van der Waals surface area contributed by atoms with Crippen molar-refractivity contribution in [2.24, 2.45) is 23.2 Å². The van der Waals surface area contributed by atoms with E-state index in [4.69, 9.17) is 0 Å². The quantitative estimate of drug-likeness (QED) is 0.686. The second-order valence-electron chi connectivity index (χ2n) is 6.48. The van der Waals surface area contributed by atoms with E-state index in [-0.39, 0.29) is 5.41 Å². The average Bonchev–Trinajstić information content (AvgIpc) is 1.99. The van der Waals surface area contributed by atoms with Crippen molar-refractivity contribution in [2.45, 2.75) is 60.3 Å². The second kappa shape index (κ2) is 4.67. The first-order valence-corrected chi connectivity index (χ1v) is 6.30. The van der Waals surface area contributed by atoms with Crippen molar-refractivity contribution >= 4 is 5.78 Å². The molecule has 0 saturated heterocycles. The number of rotatable bonds is 3. The fraction of sp³-hybridized carbons (Fsp3) is 0.929. The maximum absolute atomic E-state index is 11.3. The minimum Gasteiger partial charge on any atom is -0.300 e. The van der Waals surface area contributed by atoms with Crippen LogP contribution in [0.15, 0.2) is 0 Å². The van der Waals surface area contributed by atoms with Crippen LogP contribution in [0.1, 0.15) is 60.3 Å². The van der Waals surface area contributed by atoms with E-state index in [2.05, 4.69) is 27.7 Å². The van der Waals surface area contributed by atoms with E-state index in [1.54, 1.807) is 6.92 Å². The first-order valence-electron chi connectivity index (χ1n) is 6.30. The number of Topliss-reactive ketones (excluding diaryl/α,β-unsaturated/α-hetero) is 1. The van der Waals surface area contributed by atoms with Crippen LogP contribution in [0, 0.1) is 23.2 Å². The van der Waals surface area contributed by atoms with Crippen LogP contribution >= 0.6 is 0 Å². The van der Waals surface area contributed by atoms with Gasteiger partial charge in [-0.15, -0.1) is 0 Å². The Labute approximate surface area is 94.6 Å². The lowest BCUT2D eigenvalue weighted by Crippen LogP contribution is -2.32. The van der Waals surface area contributed by atoms with Gasteiger partial charge in [0.25, 0.3) is 0 Å². The van der Waals surface area contributed by atoms with Crippen LogP contribution in [-0.4, -0.2) is 5.78 Å². The van der Waals surface area contributed by atoms with Crippen molar-refractivity contribution in [2.75, 3.05) is 0 Å². The Hall–Kier alpha value is -0.330. The van der Waals surface area contributed by atoms with Crippen molar-refractivity contribution in [3.8, 4) is 0 Å². The van der Waals surface area contributed by atoms with Gasteiger partial charge >= 0.3 is 0 Å². The molecule has 1 heteroatoms. The van der Waals surface area contributed by atoms with Crippen LogP contribution in [0.4, 0.5) is 0 Å². The molecule has 0 aromatic rings. The molecule has 15 heavy (non-hydrogen) atoms. The van der Waals surface area contributed by atoms with Gasteiger partial charge in [0.15, 0.2) is 0 Å². The molecule has 0 heterocycles. The van der Waals surface area contributed by atoms with Gasteiger partial charge in [-0.2, -0.15) is 0 Å². The van der Waals surface area contributed by atoms with Gasteiger partial charge in [-0.05, 0) is 49.4 Å². The van der Waals surface area contributed by atoms with Gasteiger partial charge in [-0.1, -0.05) is 27.7 Å². The zero-order chi connectivity index (χ0) is 11.6. The van der Waals surface area contributed by atoms with E-state index >= 15 is 0 Å². The SMILES string of the molecule is CC(=O)CC(C)(C)C1CC(C)CC(C)C1. The molecule has 0 aliphatic heterocycles. The predicted octanol–water partition coefficient (Wildman–Crippen LogP) is 4.06. The van der Waals surface area contributed by atoms with Crippen molar-refractivity contribution in [3.05, 3.63) is 0 Å². The second-order valence-corrected chi connectivity index (χ2v) is 6.48. The highest BCUT2D eigenvalue weighted by Gasteiger charge is 2.35. The summed E-state index contributed by atoms with van der Waals surface area (Å²) in [7, 11) is 0. The minimum atomic E-state index is 0.203. The third-order valence-corrected chi connectivity index (χ3v) is 3.99. The molecule has 0 N–H and O–H groups in total. The normalized spacial score (nSPS) is 32.7. The van der Waals surface area contributed by atoms with Gasteiger partial charge in [-0.25, -0.2) is 0 Å². The summed E-state index contributed by atoms with van der Waals surface area (Å²) in [6.07, 6.45) is 4.74. The molecule has 1 nitrogen and oxygen atoms in total. The molecule has 88 valence electrons. The molecule has 2 unspecified atom stereocenters. The molecule has 0 radical (unpaired) electrons. The van der Waals surface area contributed by atoms with Gasteiger partial charge in [-0.3, -0.25) is 0 Å². The van der Waals surface area contributed by atoms with E-state index in [9.17, 15) is 4.79 Å². The molecule has 0 amide bonds. The number of carbonyl (C=O) groups excluding carboxylic acids is 1. The van der Waals surface area contributed by atoms with Gasteiger partial charge in [0.05, 0.1) is 0 Å². The summed E-state index contributed by atoms with van der Waals surface area (Å²) in [6, 6.07) is 0. The highest BCUT2D eigenvalue weighted by atomic mass is 16.1. The Morgan fingerprint density at radius 3 is 2.00 bits per heavy atom. The zero-order valence-electron chi connectivity index (χ0n) is 11.0. The minimum absolute atomic E-state index is 0.203. The van der Waals surface area contributed by atoms with Gasteiger partial charge in [0, 0.05) is 6.42 Å². The molecule has 0 aromatic carbocycles. The predicted molar refractivity (Wildman–Crippen MR) is 64.7 cm³/mol. The molecule has 0 bridgehead atoms. The van der Waals surface area contributed by atoms with Crippen LogP contribution in [0.25, 0.3) is 0 Å². The van der Waals surface area contributed by atoms with E-state index in [1.165, 1.54) is 19.3 Å². The summed E-state index contributed by atoms with van der Waals surface area (Å²) in [4.78, 5) is 11.3. The van der Waals surface area contributed by atoms with Gasteiger partial charge < -0.3 is 4.79 Å². The maximum Gasteiger partial charge on any atom is 0.130 e. The fourth-order valence-corrected chi connectivity index (χ4v) is 3.37. The molecule has 1 aliphatic carbocycles. The van der Waals surface area contributed by atoms with Crippen molar-refractivity contribution in [3.63, 3.8) is 0 Å². The summed E-state index contributed by atoms with van der Waals surface area (Å²) in [5, 5.41) is 0. The molecule has 0 aromatic heterocycles. The zero-order valence-corrected chi connectivity index (χ0v) is 11.0. The highest BCUT2D eigenvalue weighted by molar-refractivity contribution is 5.76. The maximum atomic E-state index is 11.3. The van der Waals surface area contributed by atoms with Crippen LogP contribution < -0.4 is 0 Å². The van der Waals surface area contributed by atoms with Crippen molar-refractivity contribution in [1.82, 2.24) is 0 Å². The summed E-state index contributed by atoms with van der Waals surface area (Å²) < 4.78 is 0. The van der Waals surface area contributed by atoms with Crippen molar-refractivity contribution < 1.29 is 4.79 Å². The van der Waals surface area contributed by atoms with E-state index < -0.39 is 0 Å². The number of carbonyl (C=O) groups is 1. The van der Waals surface area contributed by atoms with Gasteiger partial charge in [0.2, 0.25) is 0 Å². The molecule has 1 fully saturated rings. The molecular formula is C14H26O. The Morgan fingerprint density at radius 1 is 1.13 bits per heavy atom.